The van der Waals surface area contributed by atoms with Crippen molar-refractivity contribution in [3.8, 4) is 11.8 Å². The van der Waals surface area contributed by atoms with E-state index >= 15 is 0 Å². The Bertz CT molecular complexity index is 1470. The van der Waals surface area contributed by atoms with Gasteiger partial charge in [-0.05, 0) is 99.0 Å². The maximum absolute atomic E-state index is 12.7. The average Bonchev–Trinajstić information content (AvgIpc) is 2.85. The third-order valence-electron chi connectivity index (χ3n) is 4.76. The Balaban J connectivity index is 1.81. The molecule has 3 rings (SSSR count). The van der Waals surface area contributed by atoms with E-state index in [1.165, 1.54) is 61.7 Å². The van der Waals surface area contributed by atoms with Crippen molar-refractivity contribution in [3.63, 3.8) is 0 Å². The van der Waals surface area contributed by atoms with Gasteiger partial charge in [0, 0.05) is 5.69 Å². The molecule has 0 aliphatic rings. The molecule has 0 saturated heterocycles. The summed E-state index contributed by atoms with van der Waals surface area (Å²) in [7, 11) is -2.83. The first kappa shape index (κ1) is 27.1. The topological polar surface area (TPSA) is 123 Å². The minimum absolute atomic E-state index is 0.000992. The normalized spacial score (nSPS) is 11.4. The fraction of sp³-hybridized carbons (Fsp3) is 0.0800. The third-order valence-corrected chi connectivity index (χ3v) is 7.18. The Morgan fingerprint density at radius 1 is 1.00 bits per heavy atom. The number of nitrogens with one attached hydrogen (secondary N) is 1. The molecule has 0 atom stereocenters. The molecule has 0 aliphatic heterocycles. The van der Waals surface area contributed by atoms with Gasteiger partial charge in [-0.1, -0.05) is 17.7 Å². The molecule has 184 valence electrons. The number of aryl methyl sites for hydroxylation is 1. The molecule has 3 aromatic carbocycles. The third kappa shape index (κ3) is 6.60. The van der Waals surface area contributed by atoms with Crippen molar-refractivity contribution < 1.29 is 26.9 Å². The Labute approximate surface area is 224 Å². The number of nitrogens with zero attached hydrogens (tertiary/aromatic N) is 1. The molecule has 0 bridgehead atoms. The lowest BCUT2D eigenvalue weighted by molar-refractivity contribution is -0.112. The molecule has 36 heavy (non-hydrogen) atoms. The van der Waals surface area contributed by atoms with E-state index in [-0.39, 0.29) is 25.2 Å². The van der Waals surface area contributed by atoms with Crippen molar-refractivity contribution in [2.75, 3.05) is 12.4 Å². The lowest BCUT2D eigenvalue weighted by Gasteiger charge is -2.12. The second-order valence-corrected chi connectivity index (χ2v) is 10.6. The molecule has 0 unspecified atom stereocenters. The van der Waals surface area contributed by atoms with Gasteiger partial charge >= 0.3 is 16.1 Å². The predicted octanol–water partition coefficient (Wildman–Crippen LogP) is 5.62. The van der Waals surface area contributed by atoms with Crippen molar-refractivity contribution in [2.45, 2.75) is 11.8 Å². The molecule has 0 fully saturated rings. The minimum atomic E-state index is -4.09. The molecule has 0 radical (unpaired) electrons. The molecule has 0 aliphatic carbocycles. The summed E-state index contributed by atoms with van der Waals surface area (Å²) in [6.07, 6.45) is 1.34. The summed E-state index contributed by atoms with van der Waals surface area (Å²) in [6, 6.07) is 17.1. The van der Waals surface area contributed by atoms with E-state index in [4.69, 9.17) is 4.18 Å². The number of carbonyl (C=O) groups is 2. The summed E-state index contributed by atoms with van der Waals surface area (Å²) in [5.74, 6) is -1.17. The number of hydrogen-bond acceptors (Lipinski definition) is 7. The Morgan fingerprint density at radius 2 is 1.58 bits per heavy atom. The van der Waals surface area contributed by atoms with Gasteiger partial charge in [-0.3, -0.25) is 4.79 Å². The summed E-state index contributed by atoms with van der Waals surface area (Å²) >= 11 is 6.58. The maximum Gasteiger partial charge on any atom is 0.339 e. The van der Waals surface area contributed by atoms with Gasteiger partial charge < -0.3 is 14.2 Å². The van der Waals surface area contributed by atoms with Gasteiger partial charge in [0.15, 0.2) is 5.75 Å². The van der Waals surface area contributed by atoms with Crippen LogP contribution in [-0.2, 0) is 19.6 Å². The number of amides is 1. The zero-order valence-electron chi connectivity index (χ0n) is 18.9. The molecule has 1 amide bonds. The second kappa shape index (κ2) is 11.5. The standard InChI is InChI=1S/C25H18Br2N2O6S/c1-15-3-9-20(10-4-15)36(32,33)35-23-21(26)12-16(13-22(23)27)11-18(14-28)24(30)29-19-7-5-17(6-8-19)25(31)34-2/h3-13H,1-2H3,(H,29,30)/b18-11+. The summed E-state index contributed by atoms with van der Waals surface area (Å²) in [5, 5.41) is 12.1. The quantitative estimate of drug-likeness (QED) is 0.155. The van der Waals surface area contributed by atoms with Crippen molar-refractivity contribution in [2.24, 2.45) is 0 Å². The smallest absolute Gasteiger partial charge is 0.339 e. The molecule has 3 aromatic rings. The van der Waals surface area contributed by atoms with Gasteiger partial charge in [0.1, 0.15) is 16.5 Å². The van der Waals surface area contributed by atoms with Crippen LogP contribution in [0.2, 0.25) is 0 Å². The van der Waals surface area contributed by atoms with Crippen LogP contribution in [0.15, 0.2) is 80.1 Å². The van der Waals surface area contributed by atoms with Crippen LogP contribution in [0.3, 0.4) is 0 Å². The van der Waals surface area contributed by atoms with Gasteiger partial charge in [0.2, 0.25) is 0 Å². The van der Waals surface area contributed by atoms with Crippen molar-refractivity contribution in [3.05, 3.63) is 91.9 Å². The molecule has 0 saturated carbocycles. The number of rotatable bonds is 7. The van der Waals surface area contributed by atoms with Crippen LogP contribution in [-0.4, -0.2) is 27.4 Å². The highest BCUT2D eigenvalue weighted by atomic mass is 79.9. The van der Waals surface area contributed by atoms with E-state index in [1.54, 1.807) is 12.1 Å². The average molecular weight is 634 g/mol. The number of carbonyl (C=O) groups excluding carboxylic acids is 2. The lowest BCUT2D eigenvalue weighted by atomic mass is 10.1. The van der Waals surface area contributed by atoms with Crippen LogP contribution in [0.5, 0.6) is 5.75 Å². The van der Waals surface area contributed by atoms with Crippen molar-refractivity contribution in [1.82, 2.24) is 0 Å². The zero-order valence-corrected chi connectivity index (χ0v) is 22.9. The number of halogens is 2. The number of esters is 1. The summed E-state index contributed by atoms with van der Waals surface area (Å²) in [4.78, 5) is 24.1. The lowest BCUT2D eigenvalue weighted by Crippen LogP contribution is -2.13. The summed E-state index contributed by atoms with van der Waals surface area (Å²) < 4.78 is 35.9. The van der Waals surface area contributed by atoms with Crippen LogP contribution in [0.25, 0.3) is 6.08 Å². The Hall–Kier alpha value is -3.46. The number of nitriles is 1. The molecule has 1 N–H and O–H groups in total. The molecule has 8 nitrogen and oxygen atoms in total. The predicted molar refractivity (Wildman–Crippen MR) is 141 cm³/mol. The van der Waals surface area contributed by atoms with Crippen LogP contribution in [0.4, 0.5) is 5.69 Å². The van der Waals surface area contributed by atoms with E-state index in [0.717, 1.165) is 5.56 Å². The maximum atomic E-state index is 12.7. The first-order chi connectivity index (χ1) is 17.0. The van der Waals surface area contributed by atoms with Crippen LogP contribution >= 0.6 is 31.9 Å². The van der Waals surface area contributed by atoms with E-state index in [0.29, 0.717) is 16.8 Å². The highest BCUT2D eigenvalue weighted by Crippen LogP contribution is 2.37. The Kier molecular flexibility index (Phi) is 8.68. The van der Waals surface area contributed by atoms with Crippen LogP contribution in [0, 0.1) is 18.3 Å². The van der Waals surface area contributed by atoms with E-state index < -0.39 is 22.0 Å². The number of methoxy groups -OCH3 is 1. The highest BCUT2D eigenvalue weighted by molar-refractivity contribution is 9.11. The number of hydrogen-bond donors (Lipinski definition) is 1. The first-order valence-electron chi connectivity index (χ1n) is 10.2. The van der Waals surface area contributed by atoms with Gasteiger partial charge in [-0.2, -0.15) is 13.7 Å². The van der Waals surface area contributed by atoms with Crippen molar-refractivity contribution >= 4 is 65.6 Å². The summed E-state index contributed by atoms with van der Waals surface area (Å²) in [5.41, 5.74) is 1.82. The largest absolute Gasteiger partial charge is 0.465 e. The van der Waals surface area contributed by atoms with Crippen LogP contribution in [0.1, 0.15) is 21.5 Å². The van der Waals surface area contributed by atoms with E-state index in [2.05, 4.69) is 41.9 Å². The monoisotopic (exact) mass is 632 g/mol. The first-order valence-corrected chi connectivity index (χ1v) is 13.1. The molecular weight excluding hydrogens is 616 g/mol. The van der Waals surface area contributed by atoms with Crippen LogP contribution < -0.4 is 9.50 Å². The summed E-state index contributed by atoms with van der Waals surface area (Å²) in [6.45, 7) is 1.84. The second-order valence-electron chi connectivity index (χ2n) is 7.36. The number of benzene rings is 3. The molecule has 0 spiro atoms. The Morgan fingerprint density at radius 3 is 2.11 bits per heavy atom. The minimum Gasteiger partial charge on any atom is -0.465 e. The molecule has 0 heterocycles. The SMILES string of the molecule is COC(=O)c1ccc(NC(=O)/C(C#N)=C/c2cc(Br)c(OS(=O)(=O)c3ccc(C)cc3)c(Br)c2)cc1. The fourth-order valence-corrected chi connectivity index (χ4v) is 5.49. The highest BCUT2D eigenvalue weighted by Gasteiger charge is 2.21. The van der Waals surface area contributed by atoms with Gasteiger partial charge in [-0.15, -0.1) is 0 Å². The molecule has 0 aromatic heterocycles. The van der Waals surface area contributed by atoms with Gasteiger partial charge in [-0.25, -0.2) is 4.79 Å². The van der Waals surface area contributed by atoms with E-state index in [9.17, 15) is 23.3 Å². The van der Waals surface area contributed by atoms with Gasteiger partial charge in [0.25, 0.3) is 5.91 Å². The molecular formula is C25H18Br2N2O6S. The van der Waals surface area contributed by atoms with E-state index in [1.807, 2.05) is 13.0 Å². The fourth-order valence-electron chi connectivity index (χ4n) is 2.93. The zero-order chi connectivity index (χ0) is 26.5. The number of ether oxygens (including phenoxy) is 1. The van der Waals surface area contributed by atoms with Gasteiger partial charge in [0.05, 0.1) is 21.6 Å². The molecule has 11 heteroatoms. The number of anilines is 1. The van der Waals surface area contributed by atoms with Crippen molar-refractivity contribution in [1.29, 1.82) is 5.26 Å².